The lowest BCUT2D eigenvalue weighted by Gasteiger charge is -2.10. The minimum absolute atomic E-state index is 0.0660. The fourth-order valence-corrected chi connectivity index (χ4v) is 1.87. The molecule has 0 heterocycles. The predicted octanol–water partition coefficient (Wildman–Crippen LogP) is 2.97. The number of carbonyl (C=O) groups excluding carboxylic acids is 1. The molecular weight excluding hydrogens is 252 g/mol. The first kappa shape index (κ1) is 14.1. The Kier molecular flexibility index (Phi) is 4.38. The molecule has 3 N–H and O–H groups in total. The van der Waals surface area contributed by atoms with E-state index in [0.717, 1.165) is 11.3 Å². The fourth-order valence-electron chi connectivity index (χ4n) is 1.87. The third-order valence-corrected chi connectivity index (χ3v) is 3.00. The molecule has 2 aromatic carbocycles. The number of methoxy groups -OCH3 is 1. The molecule has 1 amide bonds. The van der Waals surface area contributed by atoms with Crippen molar-refractivity contribution in [2.24, 2.45) is 5.73 Å². The normalized spacial score (nSPS) is 11.8. The van der Waals surface area contributed by atoms with Gasteiger partial charge in [0.2, 0.25) is 0 Å². The van der Waals surface area contributed by atoms with Crippen LogP contribution in [-0.2, 0) is 0 Å². The van der Waals surface area contributed by atoms with Gasteiger partial charge in [0.15, 0.2) is 0 Å². The van der Waals surface area contributed by atoms with Crippen molar-refractivity contribution in [1.82, 2.24) is 0 Å². The van der Waals surface area contributed by atoms with E-state index < -0.39 is 0 Å². The van der Waals surface area contributed by atoms with E-state index in [1.165, 1.54) is 0 Å². The Morgan fingerprint density at radius 3 is 2.65 bits per heavy atom. The molecule has 4 heteroatoms. The lowest BCUT2D eigenvalue weighted by molar-refractivity contribution is 0.102. The van der Waals surface area contributed by atoms with Gasteiger partial charge in [-0.05, 0) is 42.8 Å². The standard InChI is InChI=1S/C16H18N2O2/c1-11(17)12-5-3-7-14(9-12)18-16(19)13-6-4-8-15(10-13)20-2/h3-11H,17H2,1-2H3,(H,18,19). The Bertz CT molecular complexity index is 609. The highest BCUT2D eigenvalue weighted by atomic mass is 16.5. The maximum Gasteiger partial charge on any atom is 0.255 e. The molecular formula is C16H18N2O2. The molecule has 0 radical (unpaired) electrons. The maximum atomic E-state index is 12.2. The highest BCUT2D eigenvalue weighted by molar-refractivity contribution is 6.04. The largest absolute Gasteiger partial charge is 0.497 e. The van der Waals surface area contributed by atoms with Crippen LogP contribution in [0.15, 0.2) is 48.5 Å². The summed E-state index contributed by atoms with van der Waals surface area (Å²) in [5.41, 5.74) is 8.09. The minimum Gasteiger partial charge on any atom is -0.497 e. The molecule has 1 unspecified atom stereocenters. The summed E-state index contributed by atoms with van der Waals surface area (Å²) in [6.45, 7) is 1.91. The van der Waals surface area contributed by atoms with Crippen molar-refractivity contribution in [2.45, 2.75) is 13.0 Å². The zero-order chi connectivity index (χ0) is 14.5. The first-order chi connectivity index (χ1) is 9.60. The van der Waals surface area contributed by atoms with Crippen LogP contribution in [0.1, 0.15) is 28.9 Å². The van der Waals surface area contributed by atoms with Gasteiger partial charge in [0.1, 0.15) is 5.75 Å². The van der Waals surface area contributed by atoms with Crippen molar-refractivity contribution in [3.8, 4) is 5.75 Å². The van der Waals surface area contributed by atoms with E-state index in [0.29, 0.717) is 11.3 Å². The quantitative estimate of drug-likeness (QED) is 0.897. The third kappa shape index (κ3) is 3.36. The van der Waals surface area contributed by atoms with E-state index in [9.17, 15) is 4.79 Å². The lowest BCUT2D eigenvalue weighted by atomic mass is 10.1. The van der Waals surface area contributed by atoms with Gasteiger partial charge in [-0.2, -0.15) is 0 Å². The molecule has 0 spiro atoms. The summed E-state index contributed by atoms with van der Waals surface area (Å²) in [6, 6.07) is 14.5. The Morgan fingerprint density at radius 2 is 1.95 bits per heavy atom. The van der Waals surface area contributed by atoms with Crippen LogP contribution in [-0.4, -0.2) is 13.0 Å². The summed E-state index contributed by atoms with van der Waals surface area (Å²) < 4.78 is 5.11. The van der Waals surface area contributed by atoms with Gasteiger partial charge < -0.3 is 15.8 Å². The topological polar surface area (TPSA) is 64.3 Å². The van der Waals surface area contributed by atoms with Crippen LogP contribution >= 0.6 is 0 Å². The number of rotatable bonds is 4. The second-order valence-corrected chi connectivity index (χ2v) is 4.60. The Hall–Kier alpha value is -2.33. The lowest BCUT2D eigenvalue weighted by Crippen LogP contribution is -2.13. The zero-order valence-electron chi connectivity index (χ0n) is 11.6. The Balaban J connectivity index is 2.16. The monoisotopic (exact) mass is 270 g/mol. The van der Waals surface area contributed by atoms with E-state index in [1.54, 1.807) is 31.4 Å². The Morgan fingerprint density at radius 1 is 1.20 bits per heavy atom. The van der Waals surface area contributed by atoms with Crippen molar-refractivity contribution in [1.29, 1.82) is 0 Å². The van der Waals surface area contributed by atoms with Crippen LogP contribution in [0.5, 0.6) is 5.75 Å². The summed E-state index contributed by atoms with van der Waals surface area (Å²) in [5, 5.41) is 2.85. The molecule has 104 valence electrons. The average molecular weight is 270 g/mol. The van der Waals surface area contributed by atoms with Gasteiger partial charge in [-0.15, -0.1) is 0 Å². The maximum absolute atomic E-state index is 12.2. The van der Waals surface area contributed by atoms with Crippen molar-refractivity contribution < 1.29 is 9.53 Å². The number of nitrogens with one attached hydrogen (secondary N) is 1. The predicted molar refractivity (Wildman–Crippen MR) is 80.0 cm³/mol. The molecule has 0 fully saturated rings. The molecule has 2 aromatic rings. The number of nitrogens with two attached hydrogens (primary N) is 1. The van der Waals surface area contributed by atoms with Crippen LogP contribution in [0, 0.1) is 0 Å². The number of ether oxygens (including phenoxy) is 1. The van der Waals surface area contributed by atoms with Crippen molar-refractivity contribution in [3.63, 3.8) is 0 Å². The van der Waals surface area contributed by atoms with Crippen LogP contribution in [0.3, 0.4) is 0 Å². The number of carbonyl (C=O) groups is 1. The van der Waals surface area contributed by atoms with Gasteiger partial charge in [-0.25, -0.2) is 0 Å². The SMILES string of the molecule is COc1cccc(C(=O)Nc2cccc(C(C)N)c2)c1. The summed E-state index contributed by atoms with van der Waals surface area (Å²) in [7, 11) is 1.57. The second kappa shape index (κ2) is 6.21. The van der Waals surface area contributed by atoms with E-state index in [4.69, 9.17) is 10.5 Å². The summed E-state index contributed by atoms with van der Waals surface area (Å²) in [5.74, 6) is 0.479. The number of anilines is 1. The molecule has 1 atom stereocenters. The molecule has 0 aliphatic carbocycles. The molecule has 2 rings (SSSR count). The number of amides is 1. The Labute approximate surface area is 118 Å². The van der Waals surface area contributed by atoms with Crippen molar-refractivity contribution in [3.05, 3.63) is 59.7 Å². The van der Waals surface area contributed by atoms with E-state index in [2.05, 4.69) is 5.32 Å². The number of benzene rings is 2. The van der Waals surface area contributed by atoms with Crippen molar-refractivity contribution >= 4 is 11.6 Å². The molecule has 0 saturated heterocycles. The van der Waals surface area contributed by atoms with Crippen LogP contribution < -0.4 is 15.8 Å². The molecule has 0 bridgehead atoms. The zero-order valence-corrected chi connectivity index (χ0v) is 11.6. The number of hydrogen-bond donors (Lipinski definition) is 2. The third-order valence-electron chi connectivity index (χ3n) is 3.00. The van der Waals surface area contributed by atoms with Gasteiger partial charge in [-0.3, -0.25) is 4.79 Å². The van der Waals surface area contributed by atoms with Gasteiger partial charge in [0, 0.05) is 17.3 Å². The second-order valence-electron chi connectivity index (χ2n) is 4.60. The average Bonchev–Trinajstić information content (AvgIpc) is 2.47. The highest BCUT2D eigenvalue weighted by Gasteiger charge is 2.08. The molecule has 0 aliphatic rings. The first-order valence-electron chi connectivity index (χ1n) is 6.41. The van der Waals surface area contributed by atoms with Crippen LogP contribution in [0.2, 0.25) is 0 Å². The summed E-state index contributed by atoms with van der Waals surface area (Å²) in [4.78, 5) is 12.2. The van der Waals surface area contributed by atoms with Gasteiger partial charge in [0.25, 0.3) is 5.91 Å². The van der Waals surface area contributed by atoms with Crippen molar-refractivity contribution in [2.75, 3.05) is 12.4 Å². The fraction of sp³-hybridized carbons (Fsp3) is 0.188. The van der Waals surface area contributed by atoms with Gasteiger partial charge in [0.05, 0.1) is 7.11 Å². The molecule has 0 aliphatic heterocycles. The summed E-state index contributed by atoms with van der Waals surface area (Å²) in [6.07, 6.45) is 0. The number of hydrogen-bond acceptors (Lipinski definition) is 3. The smallest absolute Gasteiger partial charge is 0.255 e. The molecule has 4 nitrogen and oxygen atoms in total. The van der Waals surface area contributed by atoms with E-state index >= 15 is 0 Å². The molecule has 20 heavy (non-hydrogen) atoms. The van der Waals surface area contributed by atoms with E-state index in [-0.39, 0.29) is 11.9 Å². The molecule has 0 saturated carbocycles. The van der Waals surface area contributed by atoms with Gasteiger partial charge in [-0.1, -0.05) is 18.2 Å². The summed E-state index contributed by atoms with van der Waals surface area (Å²) >= 11 is 0. The first-order valence-corrected chi connectivity index (χ1v) is 6.41. The highest BCUT2D eigenvalue weighted by Crippen LogP contribution is 2.18. The van der Waals surface area contributed by atoms with Gasteiger partial charge >= 0.3 is 0 Å². The van der Waals surface area contributed by atoms with E-state index in [1.807, 2.05) is 31.2 Å². The van der Waals surface area contributed by atoms with Crippen LogP contribution in [0.25, 0.3) is 0 Å². The molecule has 0 aromatic heterocycles. The van der Waals surface area contributed by atoms with Crippen LogP contribution in [0.4, 0.5) is 5.69 Å². The minimum atomic E-state index is -0.175.